The van der Waals surface area contributed by atoms with Gasteiger partial charge in [-0.05, 0) is 11.8 Å². The second-order valence-electron chi connectivity index (χ2n) is 4.27. The van der Waals surface area contributed by atoms with Crippen LogP contribution in [0.3, 0.4) is 0 Å². The summed E-state index contributed by atoms with van der Waals surface area (Å²) in [4.78, 5) is 0. The van der Waals surface area contributed by atoms with E-state index >= 15 is 0 Å². The Bertz CT molecular complexity index is 92.2. The van der Waals surface area contributed by atoms with E-state index in [2.05, 4.69) is 13.8 Å². The monoisotopic (exact) mass is 214 g/mol. The van der Waals surface area contributed by atoms with Gasteiger partial charge in [-0.3, -0.25) is 0 Å². The zero-order valence-corrected chi connectivity index (χ0v) is 12.1. The zero-order valence-electron chi connectivity index (χ0n) is 12.1. The molecule has 15 heavy (non-hydrogen) atoms. The third-order valence-electron chi connectivity index (χ3n) is 3.07. The maximum atomic E-state index is 2.40. The second-order valence-corrected chi connectivity index (χ2v) is 4.27. The summed E-state index contributed by atoms with van der Waals surface area (Å²) in [5, 5.41) is 0. The zero-order chi connectivity index (χ0) is 12.1. The van der Waals surface area contributed by atoms with E-state index in [1.165, 1.54) is 44.9 Å². The van der Waals surface area contributed by atoms with E-state index in [9.17, 15) is 0 Å². The van der Waals surface area contributed by atoms with Gasteiger partial charge in [0.15, 0.2) is 0 Å². The molecule has 0 heterocycles. The van der Waals surface area contributed by atoms with Crippen molar-refractivity contribution >= 4 is 0 Å². The summed E-state index contributed by atoms with van der Waals surface area (Å²) >= 11 is 0. The van der Waals surface area contributed by atoms with Crippen molar-refractivity contribution in [1.29, 1.82) is 0 Å². The summed E-state index contributed by atoms with van der Waals surface area (Å²) in [5.74, 6) is 2.11. The number of hydrogen-bond donors (Lipinski definition) is 0. The van der Waals surface area contributed by atoms with Crippen LogP contribution in [0.4, 0.5) is 0 Å². The molecule has 0 bridgehead atoms. The fourth-order valence-corrected chi connectivity index (χ4v) is 1.94. The topological polar surface area (TPSA) is 0 Å². The Morgan fingerprint density at radius 1 is 1.00 bits per heavy atom. The smallest absolute Gasteiger partial charge is 0.0414 e. The molecule has 1 atom stereocenters. The van der Waals surface area contributed by atoms with E-state index in [0.29, 0.717) is 0 Å². The maximum Gasteiger partial charge on any atom is -0.0414 e. The van der Waals surface area contributed by atoms with E-state index in [-0.39, 0.29) is 0 Å². The average Bonchev–Trinajstić information content (AvgIpc) is 2.22. The highest BCUT2D eigenvalue weighted by molar-refractivity contribution is 4.70. The molecular formula is C15H34. The van der Waals surface area contributed by atoms with Gasteiger partial charge in [-0.15, -0.1) is 0 Å². The Hall–Kier alpha value is 0. The van der Waals surface area contributed by atoms with Crippen molar-refractivity contribution in [2.45, 2.75) is 86.5 Å². The van der Waals surface area contributed by atoms with Gasteiger partial charge in [-0.2, -0.15) is 0 Å². The van der Waals surface area contributed by atoms with Crippen LogP contribution in [0.25, 0.3) is 0 Å². The Balaban J connectivity index is 0. The number of rotatable bonds is 5. The van der Waals surface area contributed by atoms with E-state index < -0.39 is 0 Å². The molecule has 0 N–H and O–H groups in total. The van der Waals surface area contributed by atoms with Crippen LogP contribution in [0.5, 0.6) is 0 Å². The first-order valence-corrected chi connectivity index (χ1v) is 7.33. The van der Waals surface area contributed by atoms with Crippen molar-refractivity contribution < 1.29 is 0 Å². The summed E-state index contributed by atoms with van der Waals surface area (Å²) in [5.41, 5.74) is 0. The minimum Gasteiger partial charge on any atom is -0.0683 e. The molecule has 0 radical (unpaired) electrons. The molecule has 0 saturated heterocycles. The van der Waals surface area contributed by atoms with Crippen LogP contribution in [-0.2, 0) is 0 Å². The molecule has 0 aliphatic heterocycles. The molecule has 1 aliphatic carbocycles. The molecule has 0 amide bonds. The highest BCUT2D eigenvalue weighted by Crippen LogP contribution is 2.32. The van der Waals surface area contributed by atoms with Gasteiger partial charge < -0.3 is 0 Å². The molecule has 1 unspecified atom stereocenters. The normalized spacial score (nSPS) is 16.4. The molecule has 0 spiro atoms. The van der Waals surface area contributed by atoms with Gasteiger partial charge >= 0.3 is 0 Å². The molecule has 1 saturated carbocycles. The molecular weight excluding hydrogens is 180 g/mol. The molecule has 0 aromatic rings. The lowest BCUT2D eigenvalue weighted by atomic mass is 9.80. The average molecular weight is 214 g/mol. The largest absolute Gasteiger partial charge is 0.0683 e. The van der Waals surface area contributed by atoms with Crippen molar-refractivity contribution in [1.82, 2.24) is 0 Å². The Morgan fingerprint density at radius 3 is 1.87 bits per heavy atom. The van der Waals surface area contributed by atoms with Crippen molar-refractivity contribution in [3.8, 4) is 0 Å². The number of hydrogen-bond acceptors (Lipinski definition) is 0. The minimum absolute atomic E-state index is 0.987. The van der Waals surface area contributed by atoms with Crippen LogP contribution >= 0.6 is 0 Å². The Kier molecular flexibility index (Phi) is 16.2. The molecule has 0 nitrogen and oxygen atoms in total. The van der Waals surface area contributed by atoms with Gasteiger partial charge in [-0.25, -0.2) is 0 Å². The lowest BCUT2D eigenvalue weighted by Gasteiger charge is -2.26. The molecule has 1 fully saturated rings. The Morgan fingerprint density at radius 2 is 1.53 bits per heavy atom. The Labute approximate surface area is 98.9 Å². The summed E-state index contributed by atoms with van der Waals surface area (Å²) < 4.78 is 0. The third kappa shape index (κ3) is 10.3. The quantitative estimate of drug-likeness (QED) is 0.522. The van der Waals surface area contributed by atoms with E-state index in [0.717, 1.165) is 11.8 Å². The molecule has 1 aliphatic rings. The molecule has 0 heteroatoms. The lowest BCUT2D eigenvalue weighted by Crippen LogP contribution is -2.11. The van der Waals surface area contributed by atoms with Gasteiger partial charge in [0, 0.05) is 0 Å². The highest BCUT2D eigenvalue weighted by atomic mass is 14.2. The first-order valence-electron chi connectivity index (χ1n) is 7.33. The van der Waals surface area contributed by atoms with Crippen LogP contribution in [0, 0.1) is 11.8 Å². The first kappa shape index (κ1) is 17.4. The van der Waals surface area contributed by atoms with Gasteiger partial charge in [-0.1, -0.05) is 86.5 Å². The third-order valence-corrected chi connectivity index (χ3v) is 3.07. The van der Waals surface area contributed by atoms with Crippen LogP contribution < -0.4 is 0 Å². The SMILES string of the molecule is CC.CC.CCCC(C)CCC1CCC1. The molecule has 94 valence electrons. The fourth-order valence-electron chi connectivity index (χ4n) is 1.94. The summed E-state index contributed by atoms with van der Waals surface area (Å²) in [6.07, 6.45) is 10.4. The van der Waals surface area contributed by atoms with E-state index in [1.807, 2.05) is 27.7 Å². The minimum atomic E-state index is 0.987. The van der Waals surface area contributed by atoms with Crippen LogP contribution in [0.1, 0.15) is 86.5 Å². The standard InChI is InChI=1S/C11H22.2C2H6/c1-3-5-10(2)8-9-11-6-4-7-11;2*1-2/h10-11H,3-9H2,1-2H3;2*1-2H3. The van der Waals surface area contributed by atoms with Gasteiger partial charge in [0.05, 0.1) is 0 Å². The van der Waals surface area contributed by atoms with E-state index in [4.69, 9.17) is 0 Å². The van der Waals surface area contributed by atoms with Gasteiger partial charge in [0.2, 0.25) is 0 Å². The predicted octanol–water partition coefficient (Wildman–Crippen LogP) is 6.06. The van der Waals surface area contributed by atoms with Gasteiger partial charge in [0.25, 0.3) is 0 Å². The van der Waals surface area contributed by atoms with Crippen molar-refractivity contribution in [3.63, 3.8) is 0 Å². The lowest BCUT2D eigenvalue weighted by molar-refractivity contribution is 0.270. The van der Waals surface area contributed by atoms with Crippen molar-refractivity contribution in [3.05, 3.63) is 0 Å². The van der Waals surface area contributed by atoms with Crippen molar-refractivity contribution in [2.24, 2.45) is 11.8 Å². The maximum absolute atomic E-state index is 2.40. The highest BCUT2D eigenvalue weighted by Gasteiger charge is 2.17. The van der Waals surface area contributed by atoms with Crippen LogP contribution in [0.2, 0.25) is 0 Å². The second kappa shape index (κ2) is 14.0. The molecule has 0 aromatic heterocycles. The summed E-state index contributed by atoms with van der Waals surface area (Å²) in [7, 11) is 0. The van der Waals surface area contributed by atoms with Crippen LogP contribution in [-0.4, -0.2) is 0 Å². The van der Waals surface area contributed by atoms with Gasteiger partial charge in [0.1, 0.15) is 0 Å². The fraction of sp³-hybridized carbons (Fsp3) is 1.00. The predicted molar refractivity (Wildman–Crippen MR) is 73.3 cm³/mol. The first-order chi connectivity index (χ1) is 7.33. The van der Waals surface area contributed by atoms with E-state index in [1.54, 1.807) is 0 Å². The summed E-state index contributed by atoms with van der Waals surface area (Å²) in [6, 6.07) is 0. The van der Waals surface area contributed by atoms with Crippen LogP contribution in [0.15, 0.2) is 0 Å². The molecule has 0 aromatic carbocycles. The molecule has 1 rings (SSSR count). The summed E-state index contributed by atoms with van der Waals surface area (Å²) in [6.45, 7) is 12.7. The van der Waals surface area contributed by atoms with Crippen molar-refractivity contribution in [2.75, 3.05) is 0 Å².